The Morgan fingerprint density at radius 2 is 1.88 bits per heavy atom. The minimum Gasteiger partial charge on any atom is -0.356 e. The second kappa shape index (κ2) is 7.61. The molecule has 3 amide bonds. The smallest absolute Gasteiger partial charge is 0.328 e. The van der Waals surface area contributed by atoms with Crippen LogP contribution >= 0.6 is 11.6 Å². The maximum Gasteiger partial charge on any atom is 0.328 e. The van der Waals surface area contributed by atoms with E-state index in [4.69, 9.17) is 11.6 Å². The van der Waals surface area contributed by atoms with Crippen LogP contribution in [0, 0.1) is 0 Å². The second-order valence-corrected chi connectivity index (χ2v) is 10.7. The molecule has 3 heterocycles. The molecule has 0 unspecified atom stereocenters. The minimum absolute atomic E-state index is 0.0923. The molecule has 5 rings (SSSR count). The van der Waals surface area contributed by atoms with E-state index < -0.39 is 5.54 Å². The lowest BCUT2D eigenvalue weighted by molar-refractivity contribution is -0.133. The van der Waals surface area contributed by atoms with Gasteiger partial charge in [0.25, 0.3) is 5.91 Å². The number of benzene rings is 2. The van der Waals surface area contributed by atoms with Gasteiger partial charge in [-0.05, 0) is 57.0 Å². The van der Waals surface area contributed by atoms with Crippen molar-refractivity contribution >= 4 is 34.4 Å². The van der Waals surface area contributed by atoms with Crippen molar-refractivity contribution in [3.8, 4) is 0 Å². The zero-order valence-electron chi connectivity index (χ0n) is 19.4. The molecular formula is C26H29ClN4O2. The Morgan fingerprint density at radius 3 is 2.58 bits per heavy atom. The summed E-state index contributed by atoms with van der Waals surface area (Å²) in [5, 5.41) is 5.04. The Bertz CT molecular complexity index is 1250. The van der Waals surface area contributed by atoms with Gasteiger partial charge in [-0.25, -0.2) is 4.79 Å². The molecule has 2 N–H and O–H groups in total. The molecule has 0 bridgehead atoms. The van der Waals surface area contributed by atoms with Crippen molar-refractivity contribution in [3.05, 3.63) is 70.4 Å². The van der Waals surface area contributed by atoms with Crippen molar-refractivity contribution in [2.45, 2.75) is 51.2 Å². The summed E-state index contributed by atoms with van der Waals surface area (Å²) in [6.45, 7) is 8.98. The Morgan fingerprint density at radius 1 is 1.15 bits per heavy atom. The number of carbonyl (C=O) groups is 2. The number of hydrogen-bond acceptors (Lipinski definition) is 3. The first kappa shape index (κ1) is 22.0. The van der Waals surface area contributed by atoms with Crippen molar-refractivity contribution in [2.24, 2.45) is 0 Å². The highest BCUT2D eigenvalue weighted by Crippen LogP contribution is 2.48. The van der Waals surface area contributed by atoms with Crippen LogP contribution in [0.5, 0.6) is 0 Å². The van der Waals surface area contributed by atoms with E-state index in [0.717, 1.165) is 27.7 Å². The van der Waals surface area contributed by atoms with E-state index in [1.54, 1.807) is 4.90 Å². The number of fused-ring (bicyclic) bond motifs is 4. The van der Waals surface area contributed by atoms with Crippen LogP contribution in [-0.4, -0.2) is 50.9 Å². The molecule has 2 aliphatic heterocycles. The predicted octanol–water partition coefficient (Wildman–Crippen LogP) is 4.88. The highest BCUT2D eigenvalue weighted by Gasteiger charge is 2.60. The molecule has 2 aliphatic rings. The number of H-pyrrole nitrogens is 1. The molecule has 1 fully saturated rings. The Labute approximate surface area is 198 Å². The first-order chi connectivity index (χ1) is 15.6. The van der Waals surface area contributed by atoms with Gasteiger partial charge in [-0.15, -0.1) is 0 Å². The summed E-state index contributed by atoms with van der Waals surface area (Å²) in [5.74, 6) is -0.147. The quantitative estimate of drug-likeness (QED) is 0.541. The third-order valence-corrected chi connectivity index (χ3v) is 6.97. The van der Waals surface area contributed by atoms with E-state index >= 15 is 0 Å². The normalized spacial score (nSPS) is 22.8. The number of aromatic amines is 1. The number of imide groups is 1. The van der Waals surface area contributed by atoms with Gasteiger partial charge in [-0.2, -0.15) is 0 Å². The fourth-order valence-electron chi connectivity index (χ4n) is 5.21. The molecule has 2 aromatic carbocycles. The van der Waals surface area contributed by atoms with Crippen LogP contribution in [0.4, 0.5) is 4.79 Å². The largest absolute Gasteiger partial charge is 0.356 e. The average Bonchev–Trinajstić information content (AvgIpc) is 3.19. The summed E-state index contributed by atoms with van der Waals surface area (Å²) in [4.78, 5) is 34.2. The molecule has 1 saturated heterocycles. The molecule has 0 radical (unpaired) electrons. The standard InChI is InChI=1S/C26H29ClN4O2/c1-25(2,3)28-12-13-30-23(32)26(4)15-19-18-14-17(27)10-11-20(18)29-21(19)22(31(26)24(30)33)16-8-6-5-7-9-16/h5-11,14,22,28-29H,12-13,15H2,1-4H3/t22-,26+/m1/s1. The monoisotopic (exact) mass is 464 g/mol. The number of nitrogens with zero attached hydrogens (tertiary/aromatic N) is 2. The Hall–Kier alpha value is -2.83. The molecule has 172 valence electrons. The van der Waals surface area contributed by atoms with E-state index in [9.17, 15) is 9.59 Å². The number of rotatable bonds is 4. The molecule has 2 atom stereocenters. The number of halogens is 1. The molecule has 1 aromatic heterocycles. The van der Waals surface area contributed by atoms with Gasteiger partial charge in [0.1, 0.15) is 11.6 Å². The predicted molar refractivity (Wildman–Crippen MR) is 130 cm³/mol. The number of aromatic nitrogens is 1. The van der Waals surface area contributed by atoms with E-state index in [2.05, 4.69) is 31.1 Å². The Balaban J connectivity index is 1.62. The number of hydrogen-bond donors (Lipinski definition) is 2. The molecule has 0 saturated carbocycles. The SMILES string of the molecule is CC(C)(C)NCCN1C(=O)N2[C@H](c3ccccc3)c3[nH]c4ccc(Cl)cc4c3C[C@@]2(C)C1=O. The fourth-order valence-corrected chi connectivity index (χ4v) is 5.38. The number of urea groups is 1. The number of nitrogens with one attached hydrogen (secondary N) is 2. The molecule has 0 aliphatic carbocycles. The van der Waals surface area contributed by atoms with Crippen molar-refractivity contribution in [2.75, 3.05) is 13.1 Å². The molecular weight excluding hydrogens is 436 g/mol. The lowest BCUT2D eigenvalue weighted by Gasteiger charge is -2.42. The lowest BCUT2D eigenvalue weighted by atomic mass is 9.81. The van der Waals surface area contributed by atoms with Gasteiger partial charge < -0.3 is 10.3 Å². The minimum atomic E-state index is -0.968. The van der Waals surface area contributed by atoms with Crippen molar-refractivity contribution in [3.63, 3.8) is 0 Å². The summed E-state index contributed by atoms with van der Waals surface area (Å²) >= 11 is 6.33. The Kier molecular flexibility index (Phi) is 5.07. The summed E-state index contributed by atoms with van der Waals surface area (Å²) < 4.78 is 0. The maximum atomic E-state index is 13.7. The van der Waals surface area contributed by atoms with Crippen molar-refractivity contribution in [1.82, 2.24) is 20.1 Å². The average molecular weight is 465 g/mol. The van der Waals surface area contributed by atoms with Gasteiger partial charge in [0, 0.05) is 46.7 Å². The molecule has 0 spiro atoms. The van der Waals surface area contributed by atoms with Gasteiger partial charge in [0.2, 0.25) is 0 Å². The van der Waals surface area contributed by atoms with Gasteiger partial charge in [0.15, 0.2) is 0 Å². The zero-order chi connectivity index (χ0) is 23.5. The van der Waals surface area contributed by atoms with Crippen molar-refractivity contribution < 1.29 is 9.59 Å². The van der Waals surface area contributed by atoms with Gasteiger partial charge in [-0.3, -0.25) is 14.6 Å². The molecule has 3 aromatic rings. The fraction of sp³-hybridized carbons (Fsp3) is 0.385. The van der Waals surface area contributed by atoms with E-state index in [1.165, 1.54) is 4.90 Å². The third kappa shape index (κ3) is 3.52. The van der Waals surface area contributed by atoms with E-state index in [-0.39, 0.29) is 23.5 Å². The zero-order valence-corrected chi connectivity index (χ0v) is 20.2. The van der Waals surface area contributed by atoms with Gasteiger partial charge in [0.05, 0.1) is 0 Å². The van der Waals surface area contributed by atoms with Crippen LogP contribution < -0.4 is 5.32 Å². The lowest BCUT2D eigenvalue weighted by Crippen LogP contribution is -2.53. The van der Waals surface area contributed by atoms with Crippen LogP contribution in [0.3, 0.4) is 0 Å². The molecule has 33 heavy (non-hydrogen) atoms. The highest BCUT2D eigenvalue weighted by molar-refractivity contribution is 6.31. The highest BCUT2D eigenvalue weighted by atomic mass is 35.5. The summed E-state index contributed by atoms with van der Waals surface area (Å²) in [7, 11) is 0. The maximum absolute atomic E-state index is 13.7. The summed E-state index contributed by atoms with van der Waals surface area (Å²) in [6, 6.07) is 15.0. The van der Waals surface area contributed by atoms with Gasteiger partial charge >= 0.3 is 6.03 Å². The topological polar surface area (TPSA) is 68.4 Å². The first-order valence-corrected chi connectivity index (χ1v) is 11.7. The number of carbonyl (C=O) groups excluding carboxylic acids is 2. The van der Waals surface area contributed by atoms with Crippen LogP contribution in [-0.2, 0) is 11.2 Å². The van der Waals surface area contributed by atoms with E-state index in [1.807, 2.05) is 55.5 Å². The molecule has 6 nitrogen and oxygen atoms in total. The number of amides is 3. The first-order valence-electron chi connectivity index (χ1n) is 11.4. The van der Waals surface area contributed by atoms with Crippen molar-refractivity contribution in [1.29, 1.82) is 0 Å². The third-order valence-electron chi connectivity index (χ3n) is 6.73. The van der Waals surface area contributed by atoms with Crippen LogP contribution in [0.25, 0.3) is 10.9 Å². The van der Waals surface area contributed by atoms with E-state index in [0.29, 0.717) is 24.5 Å². The summed E-state index contributed by atoms with van der Waals surface area (Å²) in [6.07, 6.45) is 0.444. The van der Waals surface area contributed by atoms with Crippen LogP contribution in [0.1, 0.15) is 50.6 Å². The van der Waals surface area contributed by atoms with Crippen LogP contribution in [0.2, 0.25) is 5.02 Å². The second-order valence-electron chi connectivity index (χ2n) is 10.3. The molecule has 7 heteroatoms. The summed E-state index contributed by atoms with van der Waals surface area (Å²) in [5.41, 5.74) is 2.87. The van der Waals surface area contributed by atoms with Crippen LogP contribution in [0.15, 0.2) is 48.5 Å². The van der Waals surface area contributed by atoms with Gasteiger partial charge in [-0.1, -0.05) is 41.9 Å².